The number of halogens is 3. The fraction of sp³-hybridized carbons (Fsp3) is 0.333. The van der Waals surface area contributed by atoms with E-state index in [0.29, 0.717) is 12.0 Å². The molecule has 0 spiro atoms. The minimum Gasteiger partial charge on any atom is -0.480 e. The standard InChI is InChI=1S/C12H12I3NO3/c1-3-9(12(18)19)16(2)11(17)7-4-6(13)5-8(14)10(7)15/h4-5,9H,3H2,1-2H3,(H,18,19). The summed E-state index contributed by atoms with van der Waals surface area (Å²) in [6.45, 7) is 1.76. The quantitative estimate of drug-likeness (QED) is 0.427. The highest BCUT2D eigenvalue weighted by molar-refractivity contribution is 14.1. The van der Waals surface area contributed by atoms with Gasteiger partial charge in [0.05, 0.1) is 5.56 Å². The molecule has 1 N–H and O–H groups in total. The van der Waals surface area contributed by atoms with Gasteiger partial charge in [0, 0.05) is 17.8 Å². The summed E-state index contributed by atoms with van der Waals surface area (Å²) in [7, 11) is 1.54. The molecule has 0 aliphatic carbocycles. The number of carbonyl (C=O) groups is 2. The van der Waals surface area contributed by atoms with Crippen LogP contribution in [0.2, 0.25) is 0 Å². The van der Waals surface area contributed by atoms with E-state index >= 15 is 0 Å². The van der Waals surface area contributed by atoms with Crippen LogP contribution in [0.15, 0.2) is 12.1 Å². The van der Waals surface area contributed by atoms with Crippen molar-refractivity contribution in [2.24, 2.45) is 0 Å². The molecule has 4 nitrogen and oxygen atoms in total. The topological polar surface area (TPSA) is 57.6 Å². The van der Waals surface area contributed by atoms with Gasteiger partial charge in [-0.05, 0) is 86.3 Å². The minimum atomic E-state index is -0.978. The van der Waals surface area contributed by atoms with E-state index in [0.717, 1.165) is 10.7 Å². The Morgan fingerprint density at radius 2 is 1.89 bits per heavy atom. The first kappa shape index (κ1) is 17.4. The molecule has 7 heteroatoms. The Balaban J connectivity index is 3.16. The molecule has 1 unspecified atom stereocenters. The van der Waals surface area contributed by atoms with Crippen molar-refractivity contribution in [3.63, 3.8) is 0 Å². The van der Waals surface area contributed by atoms with Gasteiger partial charge in [-0.15, -0.1) is 0 Å². The molecule has 0 radical (unpaired) electrons. The highest BCUT2D eigenvalue weighted by Crippen LogP contribution is 2.24. The zero-order valence-corrected chi connectivity index (χ0v) is 16.8. The summed E-state index contributed by atoms with van der Waals surface area (Å²) in [5, 5.41) is 9.12. The molecule has 19 heavy (non-hydrogen) atoms. The molecule has 1 atom stereocenters. The second-order valence-electron chi connectivity index (χ2n) is 3.93. The van der Waals surface area contributed by atoms with Gasteiger partial charge in [-0.3, -0.25) is 4.79 Å². The Bertz CT molecular complexity index is 519. The predicted octanol–water partition coefficient (Wildman–Crippen LogP) is 3.44. The number of rotatable bonds is 4. The van der Waals surface area contributed by atoms with Gasteiger partial charge in [-0.1, -0.05) is 6.92 Å². The van der Waals surface area contributed by atoms with Crippen LogP contribution in [0.5, 0.6) is 0 Å². The average Bonchev–Trinajstić information content (AvgIpc) is 2.33. The first-order valence-electron chi connectivity index (χ1n) is 5.44. The molecule has 104 valence electrons. The monoisotopic (exact) mass is 599 g/mol. The van der Waals surface area contributed by atoms with Crippen molar-refractivity contribution in [2.45, 2.75) is 19.4 Å². The number of hydrogen-bond acceptors (Lipinski definition) is 2. The summed E-state index contributed by atoms with van der Waals surface area (Å²) in [6.07, 6.45) is 0.384. The number of aliphatic carboxylic acids is 1. The third-order valence-corrected chi connectivity index (χ3v) is 6.35. The van der Waals surface area contributed by atoms with Gasteiger partial charge in [0.1, 0.15) is 6.04 Å². The number of carboxylic acids is 1. The van der Waals surface area contributed by atoms with Crippen molar-refractivity contribution in [1.29, 1.82) is 0 Å². The maximum absolute atomic E-state index is 12.4. The van der Waals surface area contributed by atoms with E-state index < -0.39 is 12.0 Å². The van der Waals surface area contributed by atoms with Crippen LogP contribution in [0.4, 0.5) is 0 Å². The number of nitrogens with zero attached hydrogens (tertiary/aromatic N) is 1. The second-order valence-corrected chi connectivity index (χ2v) is 7.41. The van der Waals surface area contributed by atoms with Crippen molar-refractivity contribution in [1.82, 2.24) is 4.90 Å². The van der Waals surface area contributed by atoms with Crippen LogP contribution in [-0.4, -0.2) is 35.0 Å². The second kappa shape index (κ2) is 7.38. The van der Waals surface area contributed by atoms with Gasteiger partial charge in [-0.2, -0.15) is 0 Å². The van der Waals surface area contributed by atoms with E-state index in [9.17, 15) is 9.59 Å². The van der Waals surface area contributed by atoms with Crippen molar-refractivity contribution in [3.05, 3.63) is 28.4 Å². The molecule has 0 aliphatic rings. The van der Waals surface area contributed by atoms with E-state index in [-0.39, 0.29) is 5.91 Å². The summed E-state index contributed by atoms with van der Waals surface area (Å²) >= 11 is 6.44. The lowest BCUT2D eigenvalue weighted by molar-refractivity contribution is -0.142. The van der Waals surface area contributed by atoms with Gasteiger partial charge in [0.15, 0.2) is 0 Å². The highest BCUT2D eigenvalue weighted by atomic mass is 127. The van der Waals surface area contributed by atoms with Crippen LogP contribution in [0.3, 0.4) is 0 Å². The summed E-state index contributed by atoms with van der Waals surface area (Å²) in [5.41, 5.74) is 0.555. The Hall–Kier alpha value is 0.350. The lowest BCUT2D eigenvalue weighted by atomic mass is 10.1. The van der Waals surface area contributed by atoms with Crippen molar-refractivity contribution < 1.29 is 14.7 Å². The number of carbonyl (C=O) groups excluding carboxylic acids is 1. The van der Waals surface area contributed by atoms with Crippen LogP contribution in [0.25, 0.3) is 0 Å². The van der Waals surface area contributed by atoms with Crippen molar-refractivity contribution in [3.8, 4) is 0 Å². The maximum atomic E-state index is 12.4. The van der Waals surface area contributed by atoms with Gasteiger partial charge in [0.25, 0.3) is 5.91 Å². The van der Waals surface area contributed by atoms with Crippen LogP contribution >= 0.6 is 67.8 Å². The van der Waals surface area contributed by atoms with Crippen LogP contribution < -0.4 is 0 Å². The zero-order chi connectivity index (χ0) is 14.7. The van der Waals surface area contributed by atoms with Crippen molar-refractivity contribution in [2.75, 3.05) is 7.05 Å². The van der Waals surface area contributed by atoms with E-state index in [4.69, 9.17) is 5.11 Å². The van der Waals surface area contributed by atoms with Gasteiger partial charge < -0.3 is 10.0 Å². The number of amides is 1. The first-order valence-corrected chi connectivity index (χ1v) is 8.67. The molecule has 0 aliphatic heterocycles. The Morgan fingerprint density at radius 1 is 1.32 bits per heavy atom. The molecule has 1 rings (SSSR count). The molecule has 1 amide bonds. The smallest absolute Gasteiger partial charge is 0.326 e. The van der Waals surface area contributed by atoms with Crippen LogP contribution in [-0.2, 0) is 4.79 Å². The van der Waals surface area contributed by atoms with E-state index in [1.807, 2.05) is 6.07 Å². The predicted molar refractivity (Wildman–Crippen MR) is 98.4 cm³/mol. The molecule has 0 heterocycles. The molecular formula is C12H12I3NO3. The zero-order valence-electron chi connectivity index (χ0n) is 10.3. The van der Waals surface area contributed by atoms with E-state index in [2.05, 4.69) is 67.8 Å². The minimum absolute atomic E-state index is 0.255. The van der Waals surface area contributed by atoms with Gasteiger partial charge in [-0.25, -0.2) is 4.79 Å². The largest absolute Gasteiger partial charge is 0.480 e. The van der Waals surface area contributed by atoms with Crippen LogP contribution in [0, 0.1) is 10.7 Å². The Morgan fingerprint density at radius 3 is 2.37 bits per heavy atom. The lowest BCUT2D eigenvalue weighted by Gasteiger charge is -2.24. The molecule has 0 aromatic heterocycles. The third kappa shape index (κ3) is 4.16. The summed E-state index contributed by atoms with van der Waals surface area (Å²) < 4.78 is 2.81. The van der Waals surface area contributed by atoms with Crippen LogP contribution in [0.1, 0.15) is 23.7 Å². The fourth-order valence-electron chi connectivity index (χ4n) is 1.66. The Labute approximate surface area is 152 Å². The van der Waals surface area contributed by atoms with Gasteiger partial charge in [0.2, 0.25) is 0 Å². The third-order valence-electron chi connectivity index (χ3n) is 2.68. The summed E-state index contributed by atoms with van der Waals surface area (Å²) in [4.78, 5) is 24.9. The number of benzene rings is 1. The first-order chi connectivity index (χ1) is 8.79. The molecule has 1 aromatic rings. The lowest BCUT2D eigenvalue weighted by Crippen LogP contribution is -2.42. The average molecular weight is 599 g/mol. The molecular weight excluding hydrogens is 587 g/mol. The highest BCUT2D eigenvalue weighted by Gasteiger charge is 2.27. The fourth-order valence-corrected chi connectivity index (χ4v) is 4.04. The van der Waals surface area contributed by atoms with Crippen molar-refractivity contribution >= 4 is 79.6 Å². The van der Waals surface area contributed by atoms with E-state index in [1.54, 1.807) is 13.0 Å². The molecule has 0 saturated heterocycles. The number of hydrogen-bond donors (Lipinski definition) is 1. The molecule has 1 aromatic carbocycles. The molecule has 0 saturated carbocycles. The van der Waals surface area contributed by atoms with E-state index in [1.165, 1.54) is 11.9 Å². The Kier molecular flexibility index (Phi) is 6.76. The number of likely N-dealkylation sites (N-methyl/N-ethyl adjacent to an activating group) is 1. The molecule has 0 bridgehead atoms. The normalized spacial score (nSPS) is 12.1. The maximum Gasteiger partial charge on any atom is 0.326 e. The van der Waals surface area contributed by atoms with Gasteiger partial charge >= 0.3 is 5.97 Å². The number of carboxylic acid groups (broad SMARTS) is 1. The molecule has 0 fully saturated rings. The SMILES string of the molecule is CCC(C(=O)O)N(C)C(=O)c1cc(I)cc(I)c1I. The summed E-state index contributed by atoms with van der Waals surface area (Å²) in [5.74, 6) is -1.23. The summed E-state index contributed by atoms with van der Waals surface area (Å²) in [6, 6.07) is 2.98.